The number of aliphatic imine (C=N–C) groups is 1. The summed E-state index contributed by atoms with van der Waals surface area (Å²) in [5.41, 5.74) is 1.08. The zero-order valence-corrected chi connectivity index (χ0v) is 17.4. The number of benzene rings is 1. The van der Waals surface area contributed by atoms with E-state index in [1.807, 2.05) is 36.1 Å². The molecule has 1 fully saturated rings. The van der Waals surface area contributed by atoms with Crippen LogP contribution in [0.1, 0.15) is 13.3 Å². The van der Waals surface area contributed by atoms with Crippen LogP contribution in [0.4, 0.5) is 18.9 Å². The molecule has 26 heavy (non-hydrogen) atoms. The Labute approximate surface area is 169 Å². The van der Waals surface area contributed by atoms with E-state index in [2.05, 4.69) is 15.2 Å². The molecule has 0 radical (unpaired) electrons. The van der Waals surface area contributed by atoms with Gasteiger partial charge in [-0.15, -0.1) is 24.0 Å². The van der Waals surface area contributed by atoms with Gasteiger partial charge >= 0.3 is 6.18 Å². The molecular weight excluding hydrogens is 460 g/mol. The second kappa shape index (κ2) is 10.7. The number of alkyl halides is 3. The van der Waals surface area contributed by atoms with Gasteiger partial charge in [-0.25, -0.2) is 0 Å². The second-order valence-corrected chi connectivity index (χ2v) is 5.78. The molecule has 0 amide bonds. The highest BCUT2D eigenvalue weighted by molar-refractivity contribution is 14.0. The highest BCUT2D eigenvalue weighted by atomic mass is 127. The Kier molecular flexibility index (Phi) is 9.31. The number of nitrogens with one attached hydrogen (secondary N) is 1. The third-order valence-corrected chi connectivity index (χ3v) is 3.99. The van der Waals surface area contributed by atoms with Gasteiger partial charge in [0.25, 0.3) is 0 Å². The lowest BCUT2D eigenvalue weighted by atomic mass is 10.2. The van der Waals surface area contributed by atoms with Crippen molar-refractivity contribution in [2.24, 2.45) is 4.99 Å². The van der Waals surface area contributed by atoms with Crippen LogP contribution in [0.2, 0.25) is 0 Å². The quantitative estimate of drug-likeness (QED) is 0.394. The number of nitrogens with zero attached hydrogens (tertiary/aromatic N) is 3. The highest BCUT2D eigenvalue weighted by Gasteiger charge is 2.26. The first-order valence-corrected chi connectivity index (χ1v) is 8.42. The van der Waals surface area contributed by atoms with E-state index in [4.69, 9.17) is 4.74 Å². The second-order valence-electron chi connectivity index (χ2n) is 5.78. The molecule has 5 nitrogen and oxygen atoms in total. The van der Waals surface area contributed by atoms with E-state index < -0.39 is 12.6 Å². The van der Waals surface area contributed by atoms with Gasteiger partial charge in [0.15, 0.2) is 5.96 Å². The summed E-state index contributed by atoms with van der Waals surface area (Å²) in [6.45, 7) is 5.24. The van der Waals surface area contributed by atoms with Crippen LogP contribution in [-0.2, 0) is 0 Å². The van der Waals surface area contributed by atoms with Crippen molar-refractivity contribution in [1.82, 2.24) is 10.2 Å². The summed E-state index contributed by atoms with van der Waals surface area (Å²) in [5.74, 6) is 1.36. The van der Waals surface area contributed by atoms with Crippen molar-refractivity contribution in [3.05, 3.63) is 24.3 Å². The predicted octanol–water partition coefficient (Wildman–Crippen LogP) is 3.35. The fraction of sp³-hybridized carbons (Fsp3) is 0.588. The van der Waals surface area contributed by atoms with Crippen LogP contribution in [0.25, 0.3) is 0 Å². The maximum Gasteiger partial charge on any atom is 0.390 e. The Hall–Kier alpha value is -1.39. The summed E-state index contributed by atoms with van der Waals surface area (Å²) < 4.78 is 42.2. The monoisotopic (exact) mass is 486 g/mol. The first-order chi connectivity index (χ1) is 11.9. The van der Waals surface area contributed by atoms with E-state index in [-0.39, 0.29) is 30.5 Å². The van der Waals surface area contributed by atoms with Crippen molar-refractivity contribution in [3.63, 3.8) is 0 Å². The Morgan fingerprint density at radius 1 is 1.23 bits per heavy atom. The van der Waals surface area contributed by atoms with E-state index in [9.17, 15) is 13.2 Å². The normalized spacial score (nSPS) is 15.5. The maximum absolute atomic E-state index is 12.3. The average Bonchev–Trinajstić information content (AvgIpc) is 2.60. The number of guanidine groups is 1. The largest absolute Gasteiger partial charge is 0.497 e. The van der Waals surface area contributed by atoms with Crippen LogP contribution < -0.4 is 15.0 Å². The molecule has 9 heteroatoms. The Morgan fingerprint density at radius 2 is 1.92 bits per heavy atom. The lowest BCUT2D eigenvalue weighted by Crippen LogP contribution is -2.52. The van der Waals surface area contributed by atoms with Crippen LogP contribution in [0.15, 0.2) is 29.3 Å². The molecule has 1 saturated heterocycles. The standard InChI is InChI=1S/C17H25F3N4O.HI/c1-3-21-16(22-8-7-17(18,19)20)24-11-9-23(10-12-24)14-5-4-6-15(13-14)25-2;/h4-6,13H,3,7-12H2,1-2H3,(H,21,22);1H. The number of rotatable bonds is 5. The summed E-state index contributed by atoms with van der Waals surface area (Å²) in [4.78, 5) is 8.37. The van der Waals surface area contributed by atoms with Gasteiger partial charge in [0, 0.05) is 44.5 Å². The van der Waals surface area contributed by atoms with Gasteiger partial charge < -0.3 is 19.9 Å². The number of methoxy groups -OCH3 is 1. The molecule has 0 atom stereocenters. The van der Waals surface area contributed by atoms with Gasteiger partial charge in [-0.3, -0.25) is 4.99 Å². The number of ether oxygens (including phenoxy) is 1. The molecule has 1 aliphatic heterocycles. The Balaban J connectivity index is 0.00000338. The molecule has 0 saturated carbocycles. The average molecular weight is 486 g/mol. The lowest BCUT2D eigenvalue weighted by molar-refractivity contribution is -0.132. The summed E-state index contributed by atoms with van der Waals surface area (Å²) in [6, 6.07) is 7.86. The number of hydrogen-bond donors (Lipinski definition) is 1. The first kappa shape index (κ1) is 22.7. The van der Waals surface area contributed by atoms with Gasteiger partial charge in [-0.1, -0.05) is 6.07 Å². The van der Waals surface area contributed by atoms with Gasteiger partial charge in [-0.05, 0) is 19.1 Å². The third-order valence-electron chi connectivity index (χ3n) is 3.99. The van der Waals surface area contributed by atoms with Crippen LogP contribution in [-0.4, -0.2) is 63.4 Å². The molecule has 0 unspecified atom stereocenters. The van der Waals surface area contributed by atoms with Crippen molar-refractivity contribution in [3.8, 4) is 5.75 Å². The van der Waals surface area contributed by atoms with E-state index in [1.165, 1.54) is 0 Å². The van der Waals surface area contributed by atoms with Crippen LogP contribution >= 0.6 is 24.0 Å². The zero-order chi connectivity index (χ0) is 18.3. The fourth-order valence-corrected chi connectivity index (χ4v) is 2.70. The summed E-state index contributed by atoms with van der Waals surface area (Å²) >= 11 is 0. The summed E-state index contributed by atoms with van der Waals surface area (Å²) in [6.07, 6.45) is -5.07. The Bertz CT molecular complexity index is 575. The van der Waals surface area contributed by atoms with Gasteiger partial charge in [0.05, 0.1) is 20.1 Å². The van der Waals surface area contributed by atoms with E-state index in [0.717, 1.165) is 24.5 Å². The number of hydrogen-bond acceptors (Lipinski definition) is 3. The fourth-order valence-electron chi connectivity index (χ4n) is 2.70. The topological polar surface area (TPSA) is 40.1 Å². The Morgan fingerprint density at radius 3 is 2.50 bits per heavy atom. The molecule has 148 valence electrons. The first-order valence-electron chi connectivity index (χ1n) is 8.42. The molecule has 1 N–H and O–H groups in total. The van der Waals surface area contributed by atoms with Crippen molar-refractivity contribution in [2.75, 3.05) is 51.3 Å². The zero-order valence-electron chi connectivity index (χ0n) is 15.1. The molecule has 1 aromatic rings. The molecule has 0 aromatic heterocycles. The predicted molar refractivity (Wildman–Crippen MR) is 109 cm³/mol. The van der Waals surface area contributed by atoms with Crippen LogP contribution in [0.3, 0.4) is 0 Å². The van der Waals surface area contributed by atoms with Crippen LogP contribution in [0.5, 0.6) is 5.75 Å². The SMILES string of the molecule is CCNC(=NCCC(F)(F)F)N1CCN(c2cccc(OC)c2)CC1.I. The molecule has 1 aliphatic rings. The van der Waals surface area contributed by atoms with Gasteiger partial charge in [0.2, 0.25) is 0 Å². The van der Waals surface area contributed by atoms with Gasteiger partial charge in [-0.2, -0.15) is 13.2 Å². The van der Waals surface area contributed by atoms with Crippen molar-refractivity contribution >= 4 is 35.6 Å². The molecule has 1 aromatic carbocycles. The maximum atomic E-state index is 12.3. The van der Waals surface area contributed by atoms with Crippen molar-refractivity contribution in [2.45, 2.75) is 19.5 Å². The minimum atomic E-state index is -4.17. The highest BCUT2D eigenvalue weighted by Crippen LogP contribution is 2.22. The number of halogens is 4. The molecule has 0 bridgehead atoms. The van der Waals surface area contributed by atoms with Crippen molar-refractivity contribution in [1.29, 1.82) is 0 Å². The van der Waals surface area contributed by atoms with Crippen LogP contribution in [0, 0.1) is 0 Å². The smallest absolute Gasteiger partial charge is 0.390 e. The minimum absolute atomic E-state index is 0. The number of piperazine rings is 1. The summed E-state index contributed by atoms with van der Waals surface area (Å²) in [5, 5.41) is 3.08. The number of anilines is 1. The lowest BCUT2D eigenvalue weighted by Gasteiger charge is -2.37. The molecule has 0 spiro atoms. The molecule has 1 heterocycles. The van der Waals surface area contributed by atoms with E-state index in [1.54, 1.807) is 7.11 Å². The molecular formula is C17H26F3IN4O. The molecule has 0 aliphatic carbocycles. The summed E-state index contributed by atoms with van der Waals surface area (Å²) in [7, 11) is 1.64. The minimum Gasteiger partial charge on any atom is -0.497 e. The third kappa shape index (κ3) is 7.08. The molecule has 2 rings (SSSR count). The van der Waals surface area contributed by atoms with E-state index in [0.29, 0.717) is 25.6 Å². The van der Waals surface area contributed by atoms with E-state index >= 15 is 0 Å². The van der Waals surface area contributed by atoms with Gasteiger partial charge in [0.1, 0.15) is 5.75 Å². The van der Waals surface area contributed by atoms with Crippen molar-refractivity contribution < 1.29 is 17.9 Å².